The maximum Gasteiger partial charge on any atom is 0.341 e. The van der Waals surface area contributed by atoms with Gasteiger partial charge in [-0.1, -0.05) is 23.2 Å². The number of benzene rings is 1. The quantitative estimate of drug-likeness (QED) is 0.923. The Hall–Kier alpha value is -1.78. The van der Waals surface area contributed by atoms with Crippen LogP contribution in [0.15, 0.2) is 30.5 Å². The van der Waals surface area contributed by atoms with Crippen LogP contribution in [0.3, 0.4) is 0 Å². The summed E-state index contributed by atoms with van der Waals surface area (Å²) in [5, 5.41) is 9.85. The fourth-order valence-electron chi connectivity index (χ4n) is 1.46. The van der Waals surface area contributed by atoms with Gasteiger partial charge in [-0.05, 0) is 25.1 Å². The Morgan fingerprint density at radius 3 is 2.63 bits per heavy atom. The highest BCUT2D eigenvalue weighted by Crippen LogP contribution is 2.33. The van der Waals surface area contributed by atoms with Crippen molar-refractivity contribution < 1.29 is 14.6 Å². The Labute approximate surface area is 119 Å². The Morgan fingerprint density at radius 2 is 2.00 bits per heavy atom. The predicted molar refractivity (Wildman–Crippen MR) is 72.5 cm³/mol. The lowest BCUT2D eigenvalue weighted by molar-refractivity contribution is 0.0693. The first kappa shape index (κ1) is 13.6. The lowest BCUT2D eigenvalue weighted by Crippen LogP contribution is -2.02. The van der Waals surface area contributed by atoms with E-state index >= 15 is 0 Å². The Kier molecular flexibility index (Phi) is 3.93. The number of carbonyl (C=O) groups is 1. The number of hydrogen-bond donors (Lipinski definition) is 1. The molecule has 0 spiro atoms. The zero-order chi connectivity index (χ0) is 14.0. The molecule has 0 saturated heterocycles. The molecule has 0 unspecified atom stereocenters. The average molecular weight is 298 g/mol. The van der Waals surface area contributed by atoms with Gasteiger partial charge in [0.05, 0.1) is 5.02 Å². The number of aromatic nitrogens is 1. The molecule has 0 atom stereocenters. The minimum absolute atomic E-state index is 0.0309. The molecule has 1 aromatic carbocycles. The van der Waals surface area contributed by atoms with Gasteiger partial charge in [-0.3, -0.25) is 4.98 Å². The second kappa shape index (κ2) is 5.47. The zero-order valence-electron chi connectivity index (χ0n) is 9.85. The standard InChI is InChI=1S/C13H9Cl2NO3/c1-7-4-12(9(6-16-7)13(17)18)19-11-3-2-8(14)5-10(11)15/h2-6H,1H3,(H,17,18). The molecular formula is C13H9Cl2NO3. The first-order valence-corrected chi connectivity index (χ1v) is 6.06. The van der Waals surface area contributed by atoms with Gasteiger partial charge in [0.2, 0.25) is 0 Å². The van der Waals surface area contributed by atoms with Crippen LogP contribution in [0.4, 0.5) is 0 Å². The summed E-state index contributed by atoms with van der Waals surface area (Å²) in [5.74, 6) is -0.601. The van der Waals surface area contributed by atoms with E-state index in [1.54, 1.807) is 19.1 Å². The monoisotopic (exact) mass is 297 g/mol. The molecule has 98 valence electrons. The molecule has 0 aliphatic rings. The average Bonchev–Trinajstić information content (AvgIpc) is 2.32. The normalized spacial score (nSPS) is 10.3. The van der Waals surface area contributed by atoms with E-state index in [-0.39, 0.29) is 11.3 Å². The molecule has 6 heteroatoms. The number of nitrogens with zero attached hydrogens (tertiary/aromatic N) is 1. The molecule has 0 aliphatic carbocycles. The molecule has 1 aromatic heterocycles. The van der Waals surface area contributed by atoms with Crippen molar-refractivity contribution in [2.45, 2.75) is 6.92 Å². The van der Waals surface area contributed by atoms with Crippen LogP contribution in [0.1, 0.15) is 16.1 Å². The van der Waals surface area contributed by atoms with Gasteiger partial charge >= 0.3 is 5.97 Å². The summed E-state index contributed by atoms with van der Waals surface area (Å²) in [4.78, 5) is 15.0. The minimum atomic E-state index is -1.12. The van der Waals surface area contributed by atoms with Crippen molar-refractivity contribution in [3.05, 3.63) is 51.8 Å². The summed E-state index contributed by atoms with van der Waals surface area (Å²) in [6.07, 6.45) is 1.25. The number of carboxylic acids is 1. The van der Waals surface area contributed by atoms with Crippen LogP contribution >= 0.6 is 23.2 Å². The van der Waals surface area contributed by atoms with E-state index in [9.17, 15) is 4.79 Å². The van der Waals surface area contributed by atoms with E-state index in [0.29, 0.717) is 21.5 Å². The van der Waals surface area contributed by atoms with Gasteiger partial charge in [0.25, 0.3) is 0 Å². The van der Waals surface area contributed by atoms with Crippen molar-refractivity contribution in [1.29, 1.82) is 0 Å². The Bertz CT molecular complexity index is 644. The summed E-state index contributed by atoms with van der Waals surface area (Å²) in [7, 11) is 0. The number of ether oxygens (including phenoxy) is 1. The van der Waals surface area contributed by atoms with Gasteiger partial charge < -0.3 is 9.84 Å². The molecule has 0 fully saturated rings. The van der Waals surface area contributed by atoms with E-state index < -0.39 is 5.97 Å². The zero-order valence-corrected chi connectivity index (χ0v) is 11.4. The highest BCUT2D eigenvalue weighted by Gasteiger charge is 2.14. The van der Waals surface area contributed by atoms with E-state index in [1.165, 1.54) is 18.3 Å². The number of hydrogen-bond acceptors (Lipinski definition) is 3. The number of carboxylic acid groups (broad SMARTS) is 1. The van der Waals surface area contributed by atoms with Gasteiger partial charge in [0.1, 0.15) is 17.1 Å². The molecule has 0 bridgehead atoms. The second-order valence-electron chi connectivity index (χ2n) is 3.80. The van der Waals surface area contributed by atoms with E-state index in [4.69, 9.17) is 33.0 Å². The molecule has 2 rings (SSSR count). The first-order valence-electron chi connectivity index (χ1n) is 5.30. The minimum Gasteiger partial charge on any atom is -0.477 e. The van der Waals surface area contributed by atoms with Gasteiger partial charge in [-0.15, -0.1) is 0 Å². The highest BCUT2D eigenvalue weighted by molar-refractivity contribution is 6.35. The van der Waals surface area contributed by atoms with Crippen molar-refractivity contribution in [2.24, 2.45) is 0 Å². The van der Waals surface area contributed by atoms with Crippen molar-refractivity contribution >= 4 is 29.2 Å². The van der Waals surface area contributed by atoms with Crippen LogP contribution in [0.2, 0.25) is 10.0 Å². The summed E-state index contributed by atoms with van der Waals surface area (Å²) in [6, 6.07) is 6.24. The van der Waals surface area contributed by atoms with Gasteiger partial charge in [-0.25, -0.2) is 4.79 Å². The van der Waals surface area contributed by atoms with Crippen LogP contribution in [-0.2, 0) is 0 Å². The molecule has 0 saturated carbocycles. The van der Waals surface area contributed by atoms with Crippen LogP contribution in [0, 0.1) is 6.92 Å². The smallest absolute Gasteiger partial charge is 0.341 e. The lowest BCUT2D eigenvalue weighted by atomic mass is 10.2. The summed E-state index contributed by atoms with van der Waals surface area (Å²) in [5.41, 5.74) is 0.613. The van der Waals surface area contributed by atoms with Crippen molar-refractivity contribution in [3.63, 3.8) is 0 Å². The van der Waals surface area contributed by atoms with Gasteiger partial charge in [0.15, 0.2) is 0 Å². The Balaban J connectivity index is 2.42. The number of pyridine rings is 1. The molecule has 2 aromatic rings. The van der Waals surface area contributed by atoms with E-state index in [2.05, 4.69) is 4.98 Å². The second-order valence-corrected chi connectivity index (χ2v) is 4.65. The lowest BCUT2D eigenvalue weighted by Gasteiger charge is -2.10. The van der Waals surface area contributed by atoms with E-state index in [1.807, 2.05) is 0 Å². The molecule has 1 heterocycles. The number of aryl methyl sites for hydroxylation is 1. The molecule has 0 aliphatic heterocycles. The highest BCUT2D eigenvalue weighted by atomic mass is 35.5. The third-order valence-electron chi connectivity index (χ3n) is 2.35. The molecule has 0 radical (unpaired) electrons. The van der Waals surface area contributed by atoms with Crippen LogP contribution in [0.25, 0.3) is 0 Å². The SMILES string of the molecule is Cc1cc(Oc2ccc(Cl)cc2Cl)c(C(=O)O)cn1. The van der Waals surface area contributed by atoms with Crippen LogP contribution in [-0.4, -0.2) is 16.1 Å². The molecular weight excluding hydrogens is 289 g/mol. The first-order chi connectivity index (χ1) is 8.97. The fraction of sp³-hybridized carbons (Fsp3) is 0.0769. The van der Waals surface area contributed by atoms with E-state index in [0.717, 1.165) is 0 Å². The molecule has 4 nitrogen and oxygen atoms in total. The summed E-state index contributed by atoms with van der Waals surface area (Å²) >= 11 is 11.8. The number of halogens is 2. The fourth-order valence-corrected chi connectivity index (χ4v) is 1.90. The predicted octanol–water partition coefficient (Wildman–Crippen LogP) is 4.19. The van der Waals surface area contributed by atoms with Gasteiger partial charge in [-0.2, -0.15) is 0 Å². The van der Waals surface area contributed by atoms with Gasteiger partial charge in [0, 0.05) is 23.0 Å². The third-order valence-corrected chi connectivity index (χ3v) is 2.88. The van der Waals surface area contributed by atoms with Crippen molar-refractivity contribution in [2.75, 3.05) is 0 Å². The topological polar surface area (TPSA) is 59.4 Å². The van der Waals surface area contributed by atoms with Crippen LogP contribution in [0.5, 0.6) is 11.5 Å². The summed E-state index contributed by atoms with van der Waals surface area (Å²) in [6.45, 7) is 1.74. The number of rotatable bonds is 3. The molecule has 1 N–H and O–H groups in total. The third kappa shape index (κ3) is 3.16. The van der Waals surface area contributed by atoms with Crippen LogP contribution < -0.4 is 4.74 Å². The Morgan fingerprint density at radius 1 is 1.26 bits per heavy atom. The largest absolute Gasteiger partial charge is 0.477 e. The van der Waals surface area contributed by atoms with Crippen molar-refractivity contribution in [3.8, 4) is 11.5 Å². The number of aromatic carboxylic acids is 1. The summed E-state index contributed by atoms with van der Waals surface area (Å²) < 4.78 is 5.53. The molecule has 0 amide bonds. The van der Waals surface area contributed by atoms with Crippen molar-refractivity contribution in [1.82, 2.24) is 4.98 Å². The molecule has 19 heavy (non-hydrogen) atoms. The maximum absolute atomic E-state index is 11.1. The maximum atomic E-state index is 11.1.